The molecule has 0 aliphatic carbocycles. The molecule has 2 aliphatic heterocycles. The van der Waals surface area contributed by atoms with Gasteiger partial charge in [0, 0.05) is 35.7 Å². The molecule has 1 aromatic heterocycles. The number of hydrogen-bond acceptors (Lipinski definition) is 6. The van der Waals surface area contributed by atoms with Crippen LogP contribution in [-0.4, -0.2) is 51.1 Å². The van der Waals surface area contributed by atoms with Crippen LogP contribution in [0.15, 0.2) is 24.3 Å². The highest BCUT2D eigenvalue weighted by Gasteiger charge is 2.26. The van der Waals surface area contributed by atoms with E-state index in [9.17, 15) is 13.2 Å². The average Bonchev–Trinajstić information content (AvgIpc) is 3.28. The molecule has 29 heavy (non-hydrogen) atoms. The van der Waals surface area contributed by atoms with Gasteiger partial charge in [-0.25, -0.2) is 13.1 Å². The van der Waals surface area contributed by atoms with Crippen LogP contribution in [0, 0.1) is 19.8 Å². The lowest BCUT2D eigenvalue weighted by Gasteiger charge is -2.20. The number of amides is 1. The topological polar surface area (TPSA) is 95.9 Å². The number of nitrogens with one attached hydrogen (secondary N) is 1. The number of benzene rings is 1. The van der Waals surface area contributed by atoms with E-state index in [4.69, 9.17) is 14.2 Å². The van der Waals surface area contributed by atoms with Gasteiger partial charge >= 0.3 is 0 Å². The second-order valence-corrected chi connectivity index (χ2v) is 9.16. The number of fused-ring (bicyclic) bond motifs is 1. The lowest BCUT2D eigenvalue weighted by atomic mass is 10.2. The first-order chi connectivity index (χ1) is 13.8. The summed E-state index contributed by atoms with van der Waals surface area (Å²) in [7, 11) is -3.73. The molecule has 0 radical (unpaired) electrons. The highest BCUT2D eigenvalue weighted by atomic mass is 32.2. The molecule has 1 saturated heterocycles. The average molecular weight is 420 g/mol. The van der Waals surface area contributed by atoms with Crippen LogP contribution in [0.3, 0.4) is 0 Å². The third kappa shape index (κ3) is 4.11. The first-order valence-electron chi connectivity index (χ1n) is 9.55. The summed E-state index contributed by atoms with van der Waals surface area (Å²) >= 11 is 0. The quantitative estimate of drug-likeness (QED) is 0.795. The number of sulfonamides is 1. The van der Waals surface area contributed by atoms with E-state index < -0.39 is 15.9 Å². The molecule has 1 fully saturated rings. The number of aryl methyl sites for hydroxylation is 1. The summed E-state index contributed by atoms with van der Waals surface area (Å²) in [5.41, 5.74) is 2.60. The van der Waals surface area contributed by atoms with E-state index in [1.165, 1.54) is 0 Å². The molecule has 0 saturated carbocycles. The molecule has 3 heterocycles. The normalized spacial score (nSPS) is 18.6. The Balaban J connectivity index is 1.57. The fourth-order valence-electron chi connectivity index (χ4n) is 3.82. The zero-order valence-electron chi connectivity index (χ0n) is 16.4. The lowest BCUT2D eigenvalue weighted by molar-refractivity contribution is 0.0980. The van der Waals surface area contributed by atoms with Gasteiger partial charge in [0.15, 0.2) is 11.5 Å². The minimum absolute atomic E-state index is 0.0783. The van der Waals surface area contributed by atoms with E-state index in [1.807, 2.05) is 29.7 Å². The first kappa shape index (κ1) is 19.8. The number of carbonyl (C=O) groups is 1. The molecule has 2 aliphatic rings. The Morgan fingerprint density at radius 2 is 1.90 bits per heavy atom. The van der Waals surface area contributed by atoms with Crippen LogP contribution >= 0.6 is 0 Å². The van der Waals surface area contributed by atoms with Crippen LogP contribution < -0.4 is 14.2 Å². The molecule has 1 unspecified atom stereocenters. The van der Waals surface area contributed by atoms with Gasteiger partial charge in [0.05, 0.1) is 17.9 Å². The second kappa shape index (κ2) is 7.72. The molecule has 0 bridgehead atoms. The highest BCUT2D eigenvalue weighted by Crippen LogP contribution is 2.33. The van der Waals surface area contributed by atoms with Crippen LogP contribution in [0.4, 0.5) is 0 Å². The van der Waals surface area contributed by atoms with Crippen molar-refractivity contribution in [3.63, 3.8) is 0 Å². The Kier molecular flexibility index (Phi) is 5.26. The van der Waals surface area contributed by atoms with Gasteiger partial charge in [-0.1, -0.05) is 0 Å². The van der Waals surface area contributed by atoms with Gasteiger partial charge in [0.2, 0.25) is 10.0 Å². The van der Waals surface area contributed by atoms with Crippen LogP contribution in [0.2, 0.25) is 0 Å². The highest BCUT2D eigenvalue weighted by molar-refractivity contribution is 7.90. The van der Waals surface area contributed by atoms with Crippen molar-refractivity contribution in [2.75, 3.05) is 32.2 Å². The first-order valence-corrected chi connectivity index (χ1v) is 11.2. The molecule has 1 N–H and O–H groups in total. The van der Waals surface area contributed by atoms with Crippen molar-refractivity contribution >= 4 is 15.9 Å². The molecular weight excluding hydrogens is 396 g/mol. The van der Waals surface area contributed by atoms with Crippen molar-refractivity contribution < 1.29 is 27.4 Å². The number of nitrogens with zero attached hydrogens (tertiary/aromatic N) is 1. The lowest BCUT2D eigenvalue weighted by Crippen LogP contribution is -2.35. The van der Waals surface area contributed by atoms with E-state index in [2.05, 4.69) is 4.72 Å². The molecule has 9 heteroatoms. The zero-order valence-corrected chi connectivity index (χ0v) is 17.3. The van der Waals surface area contributed by atoms with Crippen LogP contribution in [0.1, 0.15) is 28.2 Å². The Morgan fingerprint density at radius 1 is 1.14 bits per heavy atom. The summed E-state index contributed by atoms with van der Waals surface area (Å²) in [5.74, 6) is 0.516. The Hall–Kier alpha value is -2.52. The fraction of sp³-hybridized carbons (Fsp3) is 0.450. The molecule has 4 rings (SSSR count). The van der Waals surface area contributed by atoms with Crippen molar-refractivity contribution in [1.82, 2.24) is 9.29 Å². The van der Waals surface area contributed by atoms with Crippen molar-refractivity contribution in [2.45, 2.75) is 20.3 Å². The maximum Gasteiger partial charge on any atom is 0.266 e. The Labute approximate surface area is 169 Å². The van der Waals surface area contributed by atoms with Gasteiger partial charge in [-0.15, -0.1) is 0 Å². The van der Waals surface area contributed by atoms with Gasteiger partial charge in [-0.05, 0) is 38.5 Å². The van der Waals surface area contributed by atoms with Crippen molar-refractivity contribution in [3.05, 3.63) is 41.2 Å². The van der Waals surface area contributed by atoms with Crippen LogP contribution in [0.5, 0.6) is 11.5 Å². The van der Waals surface area contributed by atoms with E-state index in [0.717, 1.165) is 11.4 Å². The van der Waals surface area contributed by atoms with Crippen molar-refractivity contribution in [2.24, 2.45) is 5.92 Å². The molecule has 2 aromatic rings. The predicted molar refractivity (Wildman–Crippen MR) is 106 cm³/mol. The molecule has 156 valence electrons. The Morgan fingerprint density at radius 3 is 2.62 bits per heavy atom. The molecule has 1 atom stereocenters. The minimum Gasteiger partial charge on any atom is -0.486 e. The maximum absolute atomic E-state index is 12.7. The molecule has 1 aromatic carbocycles. The van der Waals surface area contributed by atoms with E-state index >= 15 is 0 Å². The van der Waals surface area contributed by atoms with E-state index in [0.29, 0.717) is 55.6 Å². The molecule has 0 spiro atoms. The maximum atomic E-state index is 12.7. The smallest absolute Gasteiger partial charge is 0.266 e. The summed E-state index contributed by atoms with van der Waals surface area (Å²) in [5, 5.41) is 0. The number of rotatable bonds is 5. The van der Waals surface area contributed by atoms with Gasteiger partial charge in [-0.3, -0.25) is 4.79 Å². The standard InChI is InChI=1S/C20H24N2O6S/c1-13-9-17(20(23)21-29(24,25)12-15-5-6-26-11-15)14(2)22(13)16-3-4-18-19(10-16)28-8-7-27-18/h3-4,9-10,15H,5-8,11-12H2,1-2H3,(H,21,23). The third-order valence-corrected chi connectivity index (χ3v) is 6.59. The second-order valence-electron chi connectivity index (χ2n) is 7.39. The monoisotopic (exact) mass is 420 g/mol. The number of carbonyl (C=O) groups excluding carboxylic acids is 1. The van der Waals surface area contributed by atoms with Gasteiger partial charge in [0.1, 0.15) is 13.2 Å². The predicted octanol–water partition coefficient (Wildman–Crippen LogP) is 1.96. The van der Waals surface area contributed by atoms with Crippen molar-refractivity contribution in [3.8, 4) is 17.2 Å². The number of hydrogen-bond donors (Lipinski definition) is 1. The molecular formula is C20H24N2O6S. The zero-order chi connectivity index (χ0) is 20.6. The van der Waals surface area contributed by atoms with E-state index in [1.54, 1.807) is 13.0 Å². The summed E-state index contributed by atoms with van der Waals surface area (Å²) < 4.78 is 45.3. The summed E-state index contributed by atoms with van der Waals surface area (Å²) in [6, 6.07) is 7.26. The largest absolute Gasteiger partial charge is 0.486 e. The minimum atomic E-state index is -3.73. The number of ether oxygens (including phenoxy) is 3. The van der Waals surface area contributed by atoms with Gasteiger partial charge in [-0.2, -0.15) is 0 Å². The summed E-state index contributed by atoms with van der Waals surface area (Å²) in [6.45, 7) is 5.62. The van der Waals surface area contributed by atoms with Crippen LogP contribution in [0.25, 0.3) is 5.69 Å². The Bertz CT molecular complexity index is 1040. The van der Waals surface area contributed by atoms with E-state index in [-0.39, 0.29) is 11.7 Å². The van der Waals surface area contributed by atoms with Gasteiger partial charge < -0.3 is 18.8 Å². The fourth-order valence-corrected chi connectivity index (χ4v) is 5.18. The molecule has 1 amide bonds. The summed E-state index contributed by atoms with van der Waals surface area (Å²) in [4.78, 5) is 12.7. The van der Waals surface area contributed by atoms with Crippen LogP contribution in [-0.2, 0) is 14.8 Å². The van der Waals surface area contributed by atoms with Gasteiger partial charge in [0.25, 0.3) is 5.91 Å². The SMILES string of the molecule is Cc1cc(C(=O)NS(=O)(=O)CC2CCOC2)c(C)n1-c1ccc2c(c1)OCCO2. The van der Waals surface area contributed by atoms with Crippen molar-refractivity contribution in [1.29, 1.82) is 0 Å². The number of aromatic nitrogens is 1. The third-order valence-electron chi connectivity index (χ3n) is 5.19. The molecule has 8 nitrogen and oxygen atoms in total. The summed E-state index contributed by atoms with van der Waals surface area (Å²) in [6.07, 6.45) is 0.688.